The van der Waals surface area contributed by atoms with Crippen LogP contribution in [0.5, 0.6) is 0 Å². The minimum absolute atomic E-state index is 0.104. The van der Waals surface area contributed by atoms with E-state index in [2.05, 4.69) is 14.2 Å². The van der Waals surface area contributed by atoms with Crippen molar-refractivity contribution in [1.82, 2.24) is 0 Å². The average molecular weight is 202 g/mol. The van der Waals surface area contributed by atoms with E-state index in [9.17, 15) is 14.4 Å². The number of rotatable bonds is 3. The van der Waals surface area contributed by atoms with Crippen LogP contribution in [0.2, 0.25) is 0 Å². The second-order valence-corrected chi connectivity index (χ2v) is 1.96. The van der Waals surface area contributed by atoms with Gasteiger partial charge in [0.25, 0.3) is 0 Å². The number of carbonyl (C=O) groups is 3. The molecule has 0 rings (SSSR count). The van der Waals surface area contributed by atoms with Gasteiger partial charge in [0.1, 0.15) is 0 Å². The molecule has 0 heterocycles. The summed E-state index contributed by atoms with van der Waals surface area (Å²) in [6, 6.07) is 0. The predicted molar refractivity (Wildman–Crippen MR) is 44.3 cm³/mol. The molecular formula is C8H10O6. The van der Waals surface area contributed by atoms with E-state index in [1.54, 1.807) is 6.92 Å². The van der Waals surface area contributed by atoms with Gasteiger partial charge in [-0.15, -0.1) is 0 Å². The molecule has 0 amide bonds. The summed E-state index contributed by atoms with van der Waals surface area (Å²) in [5.41, 5.74) is 0. The largest absolute Gasteiger partial charge is 0.516 e. The van der Waals surface area contributed by atoms with Crippen LogP contribution >= 0.6 is 0 Å². The van der Waals surface area contributed by atoms with Gasteiger partial charge in [-0.25, -0.2) is 14.4 Å². The molecule has 6 nitrogen and oxygen atoms in total. The zero-order valence-corrected chi connectivity index (χ0v) is 7.81. The Morgan fingerprint density at radius 1 is 1.14 bits per heavy atom. The summed E-state index contributed by atoms with van der Waals surface area (Å²) in [6.45, 7) is 1.67. The third kappa shape index (κ3) is 5.76. The molecule has 6 heteroatoms. The second-order valence-electron chi connectivity index (χ2n) is 1.96. The summed E-state index contributed by atoms with van der Waals surface area (Å²) in [5.74, 6) is -1.71. The van der Waals surface area contributed by atoms with Gasteiger partial charge in [0, 0.05) is 12.2 Å². The standard InChI is InChI=1S/C8H10O6/c1-3-13-8(11)14-7(10)5-4-6(9)12-2/h4-5H,3H2,1-2H3/b5-4-. The first-order valence-corrected chi connectivity index (χ1v) is 3.74. The molecule has 0 aliphatic carbocycles. The SMILES string of the molecule is CCOC(=O)OC(=O)/C=C\C(=O)OC. The van der Waals surface area contributed by atoms with E-state index in [0.717, 1.165) is 19.3 Å². The lowest BCUT2D eigenvalue weighted by Crippen LogP contribution is -2.12. The number of esters is 2. The third-order valence-electron chi connectivity index (χ3n) is 1.00. The minimum Gasteiger partial charge on any atom is -0.466 e. The summed E-state index contributed by atoms with van der Waals surface area (Å²) in [5, 5.41) is 0. The van der Waals surface area contributed by atoms with Crippen molar-refractivity contribution in [1.29, 1.82) is 0 Å². The first-order valence-electron chi connectivity index (χ1n) is 3.74. The molecule has 0 spiro atoms. The smallest absolute Gasteiger partial charge is 0.466 e. The zero-order valence-electron chi connectivity index (χ0n) is 7.81. The van der Waals surface area contributed by atoms with Crippen molar-refractivity contribution in [2.24, 2.45) is 0 Å². The van der Waals surface area contributed by atoms with Crippen molar-refractivity contribution < 1.29 is 28.6 Å². The van der Waals surface area contributed by atoms with Crippen molar-refractivity contribution in [3.8, 4) is 0 Å². The van der Waals surface area contributed by atoms with Crippen molar-refractivity contribution in [2.75, 3.05) is 13.7 Å². The maximum Gasteiger partial charge on any atom is 0.516 e. The molecule has 78 valence electrons. The number of hydrogen-bond acceptors (Lipinski definition) is 6. The Morgan fingerprint density at radius 2 is 1.71 bits per heavy atom. The van der Waals surface area contributed by atoms with Gasteiger partial charge in [-0.3, -0.25) is 0 Å². The van der Waals surface area contributed by atoms with E-state index in [1.807, 2.05) is 0 Å². The molecule has 0 saturated carbocycles. The normalized spacial score (nSPS) is 9.57. The number of methoxy groups -OCH3 is 1. The highest BCUT2D eigenvalue weighted by molar-refractivity contribution is 5.95. The molecule has 0 radical (unpaired) electrons. The predicted octanol–water partition coefficient (Wildman–Crippen LogP) is 0.415. The molecule has 0 aromatic heterocycles. The highest BCUT2D eigenvalue weighted by Gasteiger charge is 2.07. The quantitative estimate of drug-likeness (QED) is 0.374. The van der Waals surface area contributed by atoms with Crippen LogP contribution in [0.1, 0.15) is 6.92 Å². The Balaban J connectivity index is 3.92. The van der Waals surface area contributed by atoms with E-state index in [1.165, 1.54) is 0 Å². The Hall–Kier alpha value is -1.85. The van der Waals surface area contributed by atoms with Crippen LogP contribution in [0.3, 0.4) is 0 Å². The lowest BCUT2D eigenvalue weighted by molar-refractivity contribution is -0.137. The van der Waals surface area contributed by atoms with Crippen LogP contribution in [0, 0.1) is 0 Å². The topological polar surface area (TPSA) is 78.9 Å². The van der Waals surface area contributed by atoms with Gasteiger partial charge in [0.05, 0.1) is 13.7 Å². The third-order valence-corrected chi connectivity index (χ3v) is 1.00. The molecule has 0 bridgehead atoms. The van der Waals surface area contributed by atoms with Gasteiger partial charge < -0.3 is 14.2 Å². The molecule has 0 aliphatic rings. The summed E-state index contributed by atoms with van der Waals surface area (Å²) < 4.78 is 12.6. The van der Waals surface area contributed by atoms with Crippen LogP contribution in [0.4, 0.5) is 4.79 Å². The second kappa shape index (κ2) is 6.64. The first kappa shape index (κ1) is 12.2. The van der Waals surface area contributed by atoms with E-state index >= 15 is 0 Å². The molecule has 0 atom stereocenters. The number of hydrogen-bond donors (Lipinski definition) is 0. The molecule has 0 N–H and O–H groups in total. The molecule has 14 heavy (non-hydrogen) atoms. The van der Waals surface area contributed by atoms with Gasteiger partial charge in [-0.1, -0.05) is 0 Å². The van der Waals surface area contributed by atoms with Crippen LogP contribution in [-0.4, -0.2) is 31.8 Å². The highest BCUT2D eigenvalue weighted by Crippen LogP contribution is 1.88. The molecule has 0 saturated heterocycles. The van der Waals surface area contributed by atoms with Gasteiger partial charge in [0.15, 0.2) is 0 Å². The molecule has 0 aromatic rings. The number of ether oxygens (including phenoxy) is 3. The molecular weight excluding hydrogens is 192 g/mol. The average Bonchev–Trinajstić information content (AvgIpc) is 2.14. The fourth-order valence-corrected chi connectivity index (χ4v) is 0.468. The Labute approximate surface area is 80.4 Å². The molecule has 0 aromatic carbocycles. The van der Waals surface area contributed by atoms with Gasteiger partial charge >= 0.3 is 18.1 Å². The van der Waals surface area contributed by atoms with E-state index in [0.29, 0.717) is 0 Å². The van der Waals surface area contributed by atoms with E-state index in [4.69, 9.17) is 0 Å². The van der Waals surface area contributed by atoms with E-state index in [-0.39, 0.29) is 6.61 Å². The van der Waals surface area contributed by atoms with Crippen LogP contribution < -0.4 is 0 Å². The van der Waals surface area contributed by atoms with Crippen LogP contribution in [-0.2, 0) is 23.8 Å². The van der Waals surface area contributed by atoms with Crippen LogP contribution in [0.25, 0.3) is 0 Å². The van der Waals surface area contributed by atoms with Gasteiger partial charge in [0.2, 0.25) is 0 Å². The van der Waals surface area contributed by atoms with Crippen molar-refractivity contribution in [3.63, 3.8) is 0 Å². The Morgan fingerprint density at radius 3 is 2.21 bits per heavy atom. The monoisotopic (exact) mass is 202 g/mol. The van der Waals surface area contributed by atoms with Crippen molar-refractivity contribution in [2.45, 2.75) is 6.92 Å². The van der Waals surface area contributed by atoms with Gasteiger partial charge in [-0.2, -0.15) is 0 Å². The lowest BCUT2D eigenvalue weighted by Gasteiger charge is -1.98. The minimum atomic E-state index is -1.10. The van der Waals surface area contributed by atoms with E-state index < -0.39 is 18.1 Å². The molecule has 0 unspecified atom stereocenters. The zero-order chi connectivity index (χ0) is 11.0. The fraction of sp³-hybridized carbons (Fsp3) is 0.375. The summed E-state index contributed by atoms with van der Waals surface area (Å²) in [7, 11) is 1.16. The lowest BCUT2D eigenvalue weighted by atomic mass is 10.5. The highest BCUT2D eigenvalue weighted by atomic mass is 16.7. The number of carbonyl (C=O) groups excluding carboxylic acids is 3. The molecule has 0 fully saturated rings. The summed E-state index contributed by atoms with van der Waals surface area (Å²) in [6.07, 6.45) is 0.497. The van der Waals surface area contributed by atoms with Gasteiger partial charge in [-0.05, 0) is 6.92 Å². The summed E-state index contributed by atoms with van der Waals surface area (Å²) >= 11 is 0. The maximum absolute atomic E-state index is 10.7. The maximum atomic E-state index is 10.7. The first-order chi connectivity index (χ1) is 6.60. The Kier molecular flexibility index (Phi) is 5.77. The summed E-state index contributed by atoms with van der Waals surface area (Å²) in [4.78, 5) is 31.8. The van der Waals surface area contributed by atoms with Crippen LogP contribution in [0.15, 0.2) is 12.2 Å². The molecule has 0 aliphatic heterocycles. The van der Waals surface area contributed by atoms with Crippen molar-refractivity contribution in [3.05, 3.63) is 12.2 Å². The van der Waals surface area contributed by atoms with Crippen molar-refractivity contribution >= 4 is 18.1 Å². The fourth-order valence-electron chi connectivity index (χ4n) is 0.468. The Bertz CT molecular complexity index is 255.